The van der Waals surface area contributed by atoms with Gasteiger partial charge in [0.2, 0.25) is 0 Å². The van der Waals surface area contributed by atoms with Crippen LogP contribution in [0.2, 0.25) is 0 Å². The van der Waals surface area contributed by atoms with Gasteiger partial charge in [0, 0.05) is 26.7 Å². The standard InChI is InChI=1S/C15H17F2N3/c1-10-4-6-11(7-5-10)9-20(3)15-13(17)8-12(16)14(18-2)19-15/h4-8H,9H2,1-3H3,(H,18,19). The lowest BCUT2D eigenvalue weighted by Crippen LogP contribution is -2.20. The second kappa shape index (κ2) is 5.86. The molecule has 0 fully saturated rings. The quantitative estimate of drug-likeness (QED) is 0.929. The fourth-order valence-electron chi connectivity index (χ4n) is 1.94. The highest BCUT2D eigenvalue weighted by Gasteiger charge is 2.14. The molecule has 0 spiro atoms. The van der Waals surface area contributed by atoms with Crippen LogP contribution in [0.3, 0.4) is 0 Å². The van der Waals surface area contributed by atoms with Gasteiger partial charge in [0.15, 0.2) is 23.3 Å². The molecule has 5 heteroatoms. The summed E-state index contributed by atoms with van der Waals surface area (Å²) in [5.41, 5.74) is 2.20. The van der Waals surface area contributed by atoms with Gasteiger partial charge >= 0.3 is 0 Å². The molecule has 3 nitrogen and oxygen atoms in total. The van der Waals surface area contributed by atoms with E-state index in [-0.39, 0.29) is 11.6 Å². The van der Waals surface area contributed by atoms with Gasteiger partial charge in [-0.15, -0.1) is 0 Å². The summed E-state index contributed by atoms with van der Waals surface area (Å²) in [7, 11) is 3.27. The molecule has 2 aromatic rings. The average molecular weight is 277 g/mol. The summed E-state index contributed by atoms with van der Waals surface area (Å²) in [6, 6.07) is 8.80. The van der Waals surface area contributed by atoms with Crippen molar-refractivity contribution in [3.63, 3.8) is 0 Å². The summed E-state index contributed by atoms with van der Waals surface area (Å²) in [6.07, 6.45) is 0. The molecule has 0 aliphatic heterocycles. The fourth-order valence-corrected chi connectivity index (χ4v) is 1.94. The Hall–Kier alpha value is -2.17. The molecule has 0 saturated heterocycles. The fraction of sp³-hybridized carbons (Fsp3) is 0.267. The Kier molecular flexibility index (Phi) is 4.17. The molecule has 0 aliphatic rings. The van der Waals surface area contributed by atoms with E-state index in [4.69, 9.17) is 0 Å². The number of rotatable bonds is 4. The first-order valence-corrected chi connectivity index (χ1v) is 6.31. The monoisotopic (exact) mass is 277 g/mol. The van der Waals surface area contributed by atoms with Gasteiger partial charge < -0.3 is 10.2 Å². The lowest BCUT2D eigenvalue weighted by Gasteiger charge is -2.20. The predicted molar refractivity (Wildman–Crippen MR) is 77.0 cm³/mol. The van der Waals surface area contributed by atoms with Crippen LogP contribution in [0.4, 0.5) is 20.4 Å². The second-order valence-corrected chi connectivity index (χ2v) is 4.72. The van der Waals surface area contributed by atoms with Crippen molar-refractivity contribution in [2.24, 2.45) is 0 Å². The zero-order valence-electron chi connectivity index (χ0n) is 11.7. The second-order valence-electron chi connectivity index (χ2n) is 4.72. The molecule has 0 amide bonds. The molecular weight excluding hydrogens is 260 g/mol. The predicted octanol–water partition coefficient (Wildman–Crippen LogP) is 3.35. The van der Waals surface area contributed by atoms with E-state index >= 15 is 0 Å². The molecule has 0 unspecified atom stereocenters. The number of hydrogen-bond acceptors (Lipinski definition) is 3. The van der Waals surface area contributed by atoms with E-state index in [2.05, 4.69) is 10.3 Å². The minimum absolute atomic E-state index is 0.0390. The molecule has 0 saturated carbocycles. The summed E-state index contributed by atoms with van der Waals surface area (Å²) in [5, 5.41) is 2.61. The number of nitrogens with zero attached hydrogens (tertiary/aromatic N) is 2. The number of benzene rings is 1. The Labute approximate surface area is 117 Å². The maximum absolute atomic E-state index is 13.8. The zero-order valence-corrected chi connectivity index (χ0v) is 11.7. The highest BCUT2D eigenvalue weighted by atomic mass is 19.1. The number of hydrogen-bond donors (Lipinski definition) is 1. The van der Waals surface area contributed by atoms with Crippen LogP contribution >= 0.6 is 0 Å². The van der Waals surface area contributed by atoms with Crippen molar-refractivity contribution < 1.29 is 8.78 Å². The molecule has 0 aliphatic carbocycles. The number of aryl methyl sites for hydroxylation is 1. The van der Waals surface area contributed by atoms with Gasteiger partial charge in [-0.3, -0.25) is 0 Å². The minimum atomic E-state index is -0.697. The van der Waals surface area contributed by atoms with Gasteiger partial charge in [-0.2, -0.15) is 0 Å². The van der Waals surface area contributed by atoms with E-state index < -0.39 is 11.6 Å². The highest BCUT2D eigenvalue weighted by molar-refractivity contribution is 5.49. The molecule has 106 valence electrons. The first kappa shape index (κ1) is 14.2. The number of nitrogens with one attached hydrogen (secondary N) is 1. The maximum atomic E-state index is 13.8. The highest BCUT2D eigenvalue weighted by Crippen LogP contribution is 2.22. The minimum Gasteiger partial charge on any atom is -0.371 e. The molecule has 0 bridgehead atoms. The SMILES string of the molecule is CNc1nc(N(C)Cc2ccc(C)cc2)c(F)cc1F. The van der Waals surface area contributed by atoms with Gasteiger partial charge in [0.1, 0.15) is 0 Å². The van der Waals surface area contributed by atoms with Gasteiger partial charge in [0.25, 0.3) is 0 Å². The van der Waals surface area contributed by atoms with Crippen LogP contribution in [0.25, 0.3) is 0 Å². The van der Waals surface area contributed by atoms with E-state index in [0.29, 0.717) is 6.54 Å². The van der Waals surface area contributed by atoms with Crippen LogP contribution < -0.4 is 10.2 Å². The van der Waals surface area contributed by atoms with Gasteiger partial charge in [0.05, 0.1) is 0 Å². The summed E-state index contributed by atoms with van der Waals surface area (Å²) in [5.74, 6) is -1.21. The Bertz CT molecular complexity index is 597. The van der Waals surface area contributed by atoms with Gasteiger partial charge in [-0.1, -0.05) is 29.8 Å². The van der Waals surface area contributed by atoms with Crippen molar-refractivity contribution in [2.75, 3.05) is 24.3 Å². The molecule has 20 heavy (non-hydrogen) atoms. The normalized spacial score (nSPS) is 10.4. The Morgan fingerprint density at radius 1 is 1.15 bits per heavy atom. The lowest BCUT2D eigenvalue weighted by atomic mass is 10.1. The van der Waals surface area contributed by atoms with Gasteiger partial charge in [-0.05, 0) is 12.5 Å². The largest absolute Gasteiger partial charge is 0.371 e. The van der Waals surface area contributed by atoms with Crippen molar-refractivity contribution in [1.29, 1.82) is 0 Å². The number of halogens is 2. The van der Waals surface area contributed by atoms with Crippen LogP contribution in [-0.4, -0.2) is 19.1 Å². The molecule has 1 aromatic heterocycles. The molecule has 1 N–H and O–H groups in total. The zero-order chi connectivity index (χ0) is 14.7. The average Bonchev–Trinajstić information content (AvgIpc) is 2.41. The van der Waals surface area contributed by atoms with E-state index in [1.807, 2.05) is 31.2 Å². The third-order valence-electron chi connectivity index (χ3n) is 3.05. The molecule has 0 radical (unpaired) electrons. The Balaban J connectivity index is 2.24. The number of anilines is 2. The van der Waals surface area contributed by atoms with E-state index in [1.165, 1.54) is 5.56 Å². The van der Waals surface area contributed by atoms with Crippen LogP contribution in [0.5, 0.6) is 0 Å². The Morgan fingerprint density at radius 2 is 1.80 bits per heavy atom. The van der Waals surface area contributed by atoms with Crippen LogP contribution in [0.15, 0.2) is 30.3 Å². The first-order chi connectivity index (χ1) is 9.51. The first-order valence-electron chi connectivity index (χ1n) is 6.31. The Morgan fingerprint density at radius 3 is 2.40 bits per heavy atom. The topological polar surface area (TPSA) is 28.2 Å². The van der Waals surface area contributed by atoms with Gasteiger partial charge in [-0.25, -0.2) is 13.8 Å². The smallest absolute Gasteiger partial charge is 0.168 e. The van der Waals surface area contributed by atoms with Crippen molar-refractivity contribution in [3.05, 3.63) is 53.1 Å². The summed E-state index contributed by atoms with van der Waals surface area (Å²) in [6.45, 7) is 2.51. The third kappa shape index (κ3) is 3.04. The van der Waals surface area contributed by atoms with Crippen LogP contribution in [0.1, 0.15) is 11.1 Å². The lowest BCUT2D eigenvalue weighted by molar-refractivity contribution is 0.573. The van der Waals surface area contributed by atoms with Crippen molar-refractivity contribution >= 4 is 11.6 Å². The van der Waals surface area contributed by atoms with Crippen molar-refractivity contribution in [3.8, 4) is 0 Å². The maximum Gasteiger partial charge on any atom is 0.168 e. The molecule has 1 aromatic carbocycles. The summed E-state index contributed by atoms with van der Waals surface area (Å²) < 4.78 is 27.2. The number of pyridine rings is 1. The number of aromatic nitrogens is 1. The van der Waals surface area contributed by atoms with Crippen LogP contribution in [0, 0.1) is 18.6 Å². The molecule has 1 heterocycles. The van der Waals surface area contributed by atoms with Crippen molar-refractivity contribution in [1.82, 2.24) is 4.98 Å². The van der Waals surface area contributed by atoms with E-state index in [1.54, 1.807) is 19.0 Å². The van der Waals surface area contributed by atoms with Crippen LogP contribution in [-0.2, 0) is 6.54 Å². The van der Waals surface area contributed by atoms with E-state index in [9.17, 15) is 8.78 Å². The van der Waals surface area contributed by atoms with E-state index in [0.717, 1.165) is 11.6 Å². The molecular formula is C15H17F2N3. The summed E-state index contributed by atoms with van der Waals surface area (Å²) >= 11 is 0. The molecule has 0 atom stereocenters. The molecule has 2 rings (SSSR count). The van der Waals surface area contributed by atoms with Crippen molar-refractivity contribution in [2.45, 2.75) is 13.5 Å². The summed E-state index contributed by atoms with van der Waals surface area (Å²) in [4.78, 5) is 5.62. The third-order valence-corrected chi connectivity index (χ3v) is 3.05.